The van der Waals surface area contributed by atoms with Crippen molar-refractivity contribution in [3.8, 4) is 0 Å². The second-order valence-electron chi connectivity index (χ2n) is 13.2. The maximum atomic E-state index is 14.2. The van der Waals surface area contributed by atoms with E-state index in [1.807, 2.05) is 36.9 Å². The Morgan fingerprint density at radius 3 is 2.33 bits per heavy atom. The molecule has 1 N–H and O–H groups in total. The van der Waals surface area contributed by atoms with Gasteiger partial charge >= 0.3 is 0 Å². The first-order chi connectivity index (χ1) is 20.1. The van der Waals surface area contributed by atoms with Crippen molar-refractivity contribution >= 4 is 11.8 Å². The number of hydrogen-bond acceptors (Lipinski definition) is 4. The zero-order valence-electron chi connectivity index (χ0n) is 26.0. The summed E-state index contributed by atoms with van der Waals surface area (Å²) in [6.45, 7) is 15.5. The van der Waals surface area contributed by atoms with Gasteiger partial charge in [0, 0.05) is 37.4 Å². The summed E-state index contributed by atoms with van der Waals surface area (Å²) < 4.78 is 5.51. The second-order valence-corrected chi connectivity index (χ2v) is 13.2. The molecule has 2 aromatic rings. The van der Waals surface area contributed by atoms with Gasteiger partial charge in [-0.3, -0.25) is 14.5 Å². The summed E-state index contributed by atoms with van der Waals surface area (Å²) in [7, 11) is 0. The standard InChI is InChI=1S/C36H47N3O3/c1-25-9-6-10-26(2)32(25)35(41)39-18-8-13-31(34(40)37-30-12-7-11-29(23-30)36(3,4)5)33(39)28-16-14-27(15-17-28)24-38-19-21-42-22-20-38/h6,9-11,14-17,23,31,33H,7-8,12-13,18-22,24H2,1-5H3,(H,37,40)/t31-,33?/m0/s1. The van der Waals surface area contributed by atoms with Crippen LogP contribution in [0.4, 0.5) is 0 Å². The highest BCUT2D eigenvalue weighted by atomic mass is 16.5. The van der Waals surface area contributed by atoms with Crippen molar-refractivity contribution in [2.24, 2.45) is 11.3 Å². The van der Waals surface area contributed by atoms with Gasteiger partial charge in [-0.2, -0.15) is 0 Å². The first-order valence-electron chi connectivity index (χ1n) is 15.6. The number of piperidine rings is 1. The molecule has 0 saturated carbocycles. The molecule has 0 bridgehead atoms. The number of ether oxygens (including phenoxy) is 1. The fraction of sp³-hybridized carbons (Fsp3) is 0.500. The summed E-state index contributed by atoms with van der Waals surface area (Å²) in [5, 5.41) is 3.30. The van der Waals surface area contributed by atoms with Crippen LogP contribution in [0.5, 0.6) is 0 Å². The lowest BCUT2D eigenvalue weighted by atomic mass is 9.81. The lowest BCUT2D eigenvalue weighted by molar-refractivity contribution is -0.127. The molecule has 42 heavy (non-hydrogen) atoms. The van der Waals surface area contributed by atoms with Crippen molar-refractivity contribution in [1.29, 1.82) is 0 Å². The number of hydrogen-bond donors (Lipinski definition) is 1. The minimum absolute atomic E-state index is 0.0119. The van der Waals surface area contributed by atoms with Crippen LogP contribution in [0, 0.1) is 25.2 Å². The van der Waals surface area contributed by atoms with E-state index in [9.17, 15) is 9.59 Å². The topological polar surface area (TPSA) is 61.9 Å². The molecule has 2 saturated heterocycles. The van der Waals surface area contributed by atoms with Crippen molar-refractivity contribution in [2.45, 2.75) is 72.9 Å². The Hall–Kier alpha value is -3.22. The number of likely N-dealkylation sites (tertiary alicyclic amines) is 1. The van der Waals surface area contributed by atoms with Crippen LogP contribution in [0.3, 0.4) is 0 Å². The lowest BCUT2D eigenvalue weighted by Crippen LogP contribution is -2.48. The molecule has 224 valence electrons. The molecule has 6 heteroatoms. The minimum atomic E-state index is -0.331. The normalized spacial score (nSPS) is 21.9. The van der Waals surface area contributed by atoms with Crippen molar-refractivity contribution in [3.63, 3.8) is 0 Å². The number of benzene rings is 2. The fourth-order valence-corrected chi connectivity index (χ4v) is 6.62. The average Bonchev–Trinajstić information content (AvgIpc) is 2.97. The van der Waals surface area contributed by atoms with Gasteiger partial charge < -0.3 is 15.0 Å². The molecule has 1 aliphatic carbocycles. The average molecular weight is 570 g/mol. The Kier molecular flexibility index (Phi) is 9.34. The van der Waals surface area contributed by atoms with E-state index in [0.29, 0.717) is 6.54 Å². The Bertz CT molecular complexity index is 1330. The molecule has 0 spiro atoms. The second kappa shape index (κ2) is 13.0. The van der Waals surface area contributed by atoms with Crippen LogP contribution in [-0.2, 0) is 16.1 Å². The monoisotopic (exact) mass is 569 g/mol. The minimum Gasteiger partial charge on any atom is -0.379 e. The summed E-state index contributed by atoms with van der Waals surface area (Å²) >= 11 is 0. The van der Waals surface area contributed by atoms with E-state index in [2.05, 4.69) is 67.4 Å². The summed E-state index contributed by atoms with van der Waals surface area (Å²) in [4.78, 5) is 32.6. The molecule has 2 fully saturated rings. The highest BCUT2D eigenvalue weighted by Crippen LogP contribution is 2.39. The first-order valence-corrected chi connectivity index (χ1v) is 15.6. The van der Waals surface area contributed by atoms with Crippen molar-refractivity contribution in [1.82, 2.24) is 15.1 Å². The highest BCUT2D eigenvalue weighted by Gasteiger charge is 2.40. The van der Waals surface area contributed by atoms with Crippen LogP contribution in [0.1, 0.15) is 85.1 Å². The van der Waals surface area contributed by atoms with E-state index in [-0.39, 0.29) is 29.2 Å². The van der Waals surface area contributed by atoms with Crippen LogP contribution < -0.4 is 5.32 Å². The molecule has 2 aliphatic heterocycles. The van der Waals surface area contributed by atoms with E-state index < -0.39 is 0 Å². The van der Waals surface area contributed by atoms with Gasteiger partial charge in [0.2, 0.25) is 5.91 Å². The quantitative estimate of drug-likeness (QED) is 0.432. The van der Waals surface area contributed by atoms with Crippen LogP contribution in [0.2, 0.25) is 0 Å². The molecule has 3 aliphatic rings. The van der Waals surface area contributed by atoms with Gasteiger partial charge in [0.25, 0.3) is 5.91 Å². The smallest absolute Gasteiger partial charge is 0.254 e. The van der Waals surface area contributed by atoms with Gasteiger partial charge in [0.1, 0.15) is 0 Å². The van der Waals surface area contributed by atoms with E-state index in [4.69, 9.17) is 4.74 Å². The van der Waals surface area contributed by atoms with Gasteiger partial charge in [-0.25, -0.2) is 0 Å². The number of nitrogens with zero attached hydrogens (tertiary/aromatic N) is 2. The number of carbonyl (C=O) groups excluding carboxylic acids is 2. The number of amides is 2. The van der Waals surface area contributed by atoms with Crippen LogP contribution in [0.25, 0.3) is 0 Å². The van der Waals surface area contributed by atoms with Crippen LogP contribution in [0.15, 0.2) is 65.9 Å². The molecule has 6 nitrogen and oxygen atoms in total. The van der Waals surface area contributed by atoms with Gasteiger partial charge in [-0.15, -0.1) is 0 Å². The molecule has 2 amide bonds. The van der Waals surface area contributed by atoms with Crippen LogP contribution >= 0.6 is 0 Å². The molecular formula is C36H47N3O3. The van der Waals surface area contributed by atoms with E-state index in [0.717, 1.165) is 86.5 Å². The largest absolute Gasteiger partial charge is 0.379 e. The molecule has 2 heterocycles. The Morgan fingerprint density at radius 2 is 1.67 bits per heavy atom. The zero-order valence-corrected chi connectivity index (χ0v) is 26.0. The third kappa shape index (κ3) is 6.87. The van der Waals surface area contributed by atoms with Gasteiger partial charge in [0.15, 0.2) is 0 Å². The first kappa shape index (κ1) is 30.2. The molecule has 2 aromatic carbocycles. The summed E-state index contributed by atoms with van der Waals surface area (Å²) in [5.41, 5.74) is 7.22. The predicted octanol–water partition coefficient (Wildman–Crippen LogP) is 6.50. The van der Waals surface area contributed by atoms with E-state index in [1.165, 1.54) is 11.1 Å². The number of allylic oxidation sites excluding steroid dienone is 4. The van der Waals surface area contributed by atoms with Gasteiger partial charge in [-0.1, -0.05) is 69.3 Å². The Balaban J connectivity index is 1.45. The number of aryl methyl sites for hydroxylation is 2. The summed E-state index contributed by atoms with van der Waals surface area (Å²) in [5.74, 6) is -0.305. The predicted molar refractivity (Wildman–Crippen MR) is 168 cm³/mol. The number of nitrogens with one attached hydrogen (secondary N) is 1. The number of rotatable bonds is 6. The molecule has 2 atom stereocenters. The Morgan fingerprint density at radius 1 is 0.976 bits per heavy atom. The van der Waals surface area contributed by atoms with Gasteiger partial charge in [-0.05, 0) is 78.8 Å². The lowest BCUT2D eigenvalue weighted by Gasteiger charge is -2.41. The van der Waals surface area contributed by atoms with Crippen molar-refractivity contribution in [2.75, 3.05) is 32.8 Å². The summed E-state index contributed by atoms with van der Waals surface area (Å²) in [6, 6.07) is 14.3. The fourth-order valence-electron chi connectivity index (χ4n) is 6.62. The highest BCUT2D eigenvalue weighted by molar-refractivity contribution is 5.98. The Labute approximate surface area is 251 Å². The summed E-state index contributed by atoms with van der Waals surface area (Å²) in [6.07, 6.45) is 7.73. The maximum Gasteiger partial charge on any atom is 0.254 e. The maximum absolute atomic E-state index is 14.2. The third-order valence-electron chi connectivity index (χ3n) is 9.01. The van der Waals surface area contributed by atoms with E-state index >= 15 is 0 Å². The number of carbonyl (C=O) groups is 2. The van der Waals surface area contributed by atoms with Crippen LogP contribution in [-0.4, -0.2) is 54.5 Å². The molecule has 0 aromatic heterocycles. The number of morpholine rings is 1. The SMILES string of the molecule is Cc1cccc(C)c1C(=O)N1CCC[C@H](C(=O)NC2=CC(C(C)(C)C)=CCC2)C1c1ccc(CN2CCOCC2)cc1. The van der Waals surface area contributed by atoms with Crippen molar-refractivity contribution < 1.29 is 14.3 Å². The molecule has 1 unspecified atom stereocenters. The molecule has 0 radical (unpaired) electrons. The zero-order chi connectivity index (χ0) is 29.9. The van der Waals surface area contributed by atoms with E-state index in [1.54, 1.807) is 0 Å². The van der Waals surface area contributed by atoms with Crippen molar-refractivity contribution in [3.05, 3.63) is 93.7 Å². The molecular weight excluding hydrogens is 522 g/mol. The molecule has 5 rings (SSSR count). The van der Waals surface area contributed by atoms with Gasteiger partial charge in [0.05, 0.1) is 25.2 Å². The third-order valence-corrected chi connectivity index (χ3v) is 9.01.